The first-order valence-corrected chi connectivity index (χ1v) is 5.85. The predicted molar refractivity (Wildman–Crippen MR) is 63.6 cm³/mol. The van der Waals surface area contributed by atoms with E-state index in [1.54, 1.807) is 17.5 Å². The number of hydrogen-bond acceptors (Lipinski definition) is 4. The van der Waals surface area contributed by atoms with Crippen LogP contribution in [0.15, 0.2) is 23.8 Å². The molecule has 3 heterocycles. The summed E-state index contributed by atoms with van der Waals surface area (Å²) in [5.74, 6) is 0.739. The van der Waals surface area contributed by atoms with Crippen LogP contribution in [-0.4, -0.2) is 19.4 Å². The first kappa shape index (κ1) is 9.47. The van der Waals surface area contributed by atoms with E-state index in [-0.39, 0.29) is 0 Å². The second-order valence-corrected chi connectivity index (χ2v) is 4.57. The summed E-state index contributed by atoms with van der Waals surface area (Å²) in [6.45, 7) is 4.03. The third-order valence-corrected chi connectivity index (χ3v) is 3.21. The van der Waals surface area contributed by atoms with E-state index in [0.717, 1.165) is 27.9 Å². The minimum absolute atomic E-state index is 0.739. The molecule has 0 aliphatic carbocycles. The molecule has 0 spiro atoms. The number of rotatable bonds is 1. The topological polar surface area (TPSA) is 43.1 Å². The zero-order valence-electron chi connectivity index (χ0n) is 9.01. The van der Waals surface area contributed by atoms with Gasteiger partial charge in [-0.15, -0.1) is 11.3 Å². The lowest BCUT2D eigenvalue weighted by Gasteiger charge is -1.98. The fourth-order valence-electron chi connectivity index (χ4n) is 1.72. The van der Waals surface area contributed by atoms with Crippen LogP contribution in [0, 0.1) is 13.8 Å². The van der Waals surface area contributed by atoms with Crippen LogP contribution in [0.2, 0.25) is 0 Å². The lowest BCUT2D eigenvalue weighted by atomic mass is 10.3. The molecule has 4 nitrogen and oxygen atoms in total. The second-order valence-electron chi connectivity index (χ2n) is 3.67. The van der Waals surface area contributed by atoms with Gasteiger partial charge in [-0.05, 0) is 19.9 Å². The number of thiazole rings is 1. The Morgan fingerprint density at radius 3 is 2.88 bits per heavy atom. The lowest BCUT2D eigenvalue weighted by Crippen LogP contribution is -1.94. The van der Waals surface area contributed by atoms with Crippen molar-refractivity contribution >= 4 is 17.1 Å². The van der Waals surface area contributed by atoms with Crippen LogP contribution in [0.4, 0.5) is 0 Å². The van der Waals surface area contributed by atoms with E-state index in [1.807, 2.05) is 29.0 Å². The highest BCUT2D eigenvalue weighted by atomic mass is 32.1. The maximum atomic E-state index is 4.48. The average molecular weight is 230 g/mol. The summed E-state index contributed by atoms with van der Waals surface area (Å²) in [7, 11) is 0. The first-order chi connectivity index (χ1) is 7.74. The SMILES string of the molecule is Cc1cc(C)n2cc(-c3nccs3)nc2n1. The Kier molecular flexibility index (Phi) is 2.00. The summed E-state index contributed by atoms with van der Waals surface area (Å²) in [6.07, 6.45) is 3.77. The standard InChI is InChI=1S/C11H10N4S/c1-7-5-8(2)15-6-9(14-11(15)13-7)10-12-3-4-16-10/h3-6H,1-2H3. The minimum Gasteiger partial charge on any atom is -0.288 e. The third kappa shape index (κ3) is 1.40. The Morgan fingerprint density at radius 1 is 1.25 bits per heavy atom. The predicted octanol–water partition coefficient (Wildman–Crippen LogP) is 2.47. The zero-order valence-corrected chi connectivity index (χ0v) is 9.82. The highest BCUT2D eigenvalue weighted by Gasteiger charge is 2.08. The van der Waals surface area contributed by atoms with E-state index in [9.17, 15) is 0 Å². The van der Waals surface area contributed by atoms with Gasteiger partial charge in [0, 0.05) is 29.2 Å². The molecule has 3 aromatic heterocycles. The minimum atomic E-state index is 0.739. The summed E-state index contributed by atoms with van der Waals surface area (Å²) in [5.41, 5.74) is 3.01. The van der Waals surface area contributed by atoms with Crippen molar-refractivity contribution in [1.29, 1.82) is 0 Å². The fourth-order valence-corrected chi connectivity index (χ4v) is 2.32. The van der Waals surface area contributed by atoms with Gasteiger partial charge in [-0.25, -0.2) is 15.0 Å². The van der Waals surface area contributed by atoms with Gasteiger partial charge in [0.1, 0.15) is 10.7 Å². The Bertz CT molecular complexity index is 639. The molecule has 0 unspecified atom stereocenters. The van der Waals surface area contributed by atoms with E-state index in [2.05, 4.69) is 21.9 Å². The van der Waals surface area contributed by atoms with Gasteiger partial charge in [-0.3, -0.25) is 4.40 Å². The molecule has 0 saturated carbocycles. The van der Waals surface area contributed by atoms with Crippen LogP contribution in [0.1, 0.15) is 11.4 Å². The van der Waals surface area contributed by atoms with Crippen LogP contribution >= 0.6 is 11.3 Å². The molecule has 0 atom stereocenters. The molecule has 0 fully saturated rings. The molecule has 0 saturated heterocycles. The van der Waals surface area contributed by atoms with Crippen molar-refractivity contribution in [3.63, 3.8) is 0 Å². The monoisotopic (exact) mass is 230 g/mol. The van der Waals surface area contributed by atoms with Gasteiger partial charge in [0.15, 0.2) is 0 Å². The molecular weight excluding hydrogens is 220 g/mol. The second kappa shape index (κ2) is 3.38. The smallest absolute Gasteiger partial charge is 0.234 e. The van der Waals surface area contributed by atoms with Crippen LogP contribution in [0.5, 0.6) is 0 Å². The average Bonchev–Trinajstić information content (AvgIpc) is 2.82. The molecule has 0 aliphatic heterocycles. The number of hydrogen-bond donors (Lipinski definition) is 0. The Balaban J connectivity index is 2.27. The molecule has 5 heteroatoms. The van der Waals surface area contributed by atoms with Gasteiger partial charge in [0.25, 0.3) is 0 Å². The number of fused-ring (bicyclic) bond motifs is 1. The van der Waals surface area contributed by atoms with Gasteiger partial charge in [-0.2, -0.15) is 0 Å². The van der Waals surface area contributed by atoms with Crippen LogP contribution < -0.4 is 0 Å². The highest BCUT2D eigenvalue weighted by Crippen LogP contribution is 2.21. The third-order valence-electron chi connectivity index (χ3n) is 2.41. The molecule has 0 aromatic carbocycles. The molecule has 0 N–H and O–H groups in total. The maximum absolute atomic E-state index is 4.48. The Labute approximate surface area is 96.6 Å². The van der Waals surface area contributed by atoms with Crippen molar-refractivity contribution in [3.8, 4) is 10.7 Å². The van der Waals surface area contributed by atoms with Gasteiger partial charge < -0.3 is 0 Å². The number of aromatic nitrogens is 4. The van der Waals surface area contributed by atoms with Crippen molar-refractivity contribution in [2.45, 2.75) is 13.8 Å². The van der Waals surface area contributed by atoms with Gasteiger partial charge in [0.05, 0.1) is 0 Å². The summed E-state index contributed by atoms with van der Waals surface area (Å²) in [4.78, 5) is 13.1. The normalized spacial score (nSPS) is 11.1. The summed E-state index contributed by atoms with van der Waals surface area (Å²) < 4.78 is 1.99. The van der Waals surface area contributed by atoms with Crippen molar-refractivity contribution < 1.29 is 0 Å². The Morgan fingerprint density at radius 2 is 2.12 bits per heavy atom. The highest BCUT2D eigenvalue weighted by molar-refractivity contribution is 7.13. The number of aryl methyl sites for hydroxylation is 2. The van der Waals surface area contributed by atoms with E-state index in [0.29, 0.717) is 0 Å². The van der Waals surface area contributed by atoms with E-state index in [4.69, 9.17) is 0 Å². The fraction of sp³-hybridized carbons (Fsp3) is 0.182. The molecule has 0 aliphatic rings. The molecule has 3 rings (SSSR count). The van der Waals surface area contributed by atoms with E-state index < -0.39 is 0 Å². The molecule has 16 heavy (non-hydrogen) atoms. The Hall–Kier alpha value is -1.75. The number of imidazole rings is 1. The summed E-state index contributed by atoms with van der Waals surface area (Å²) >= 11 is 1.59. The van der Waals surface area contributed by atoms with E-state index >= 15 is 0 Å². The zero-order chi connectivity index (χ0) is 11.1. The molecular formula is C11H10N4S. The molecule has 0 bridgehead atoms. The van der Waals surface area contributed by atoms with Crippen LogP contribution in [0.25, 0.3) is 16.5 Å². The van der Waals surface area contributed by atoms with Gasteiger partial charge in [-0.1, -0.05) is 0 Å². The van der Waals surface area contributed by atoms with Crippen LogP contribution in [-0.2, 0) is 0 Å². The largest absolute Gasteiger partial charge is 0.288 e. The number of nitrogens with zero attached hydrogens (tertiary/aromatic N) is 4. The van der Waals surface area contributed by atoms with Crippen molar-refractivity contribution in [2.24, 2.45) is 0 Å². The molecule has 80 valence electrons. The quantitative estimate of drug-likeness (QED) is 0.645. The lowest BCUT2D eigenvalue weighted by molar-refractivity contribution is 1.01. The van der Waals surface area contributed by atoms with Crippen molar-refractivity contribution in [2.75, 3.05) is 0 Å². The summed E-state index contributed by atoms with van der Waals surface area (Å²) in [5, 5.41) is 2.88. The van der Waals surface area contributed by atoms with Crippen molar-refractivity contribution in [1.82, 2.24) is 19.4 Å². The molecule has 0 amide bonds. The van der Waals surface area contributed by atoms with E-state index in [1.165, 1.54) is 0 Å². The van der Waals surface area contributed by atoms with Gasteiger partial charge in [0.2, 0.25) is 5.78 Å². The van der Waals surface area contributed by atoms with Crippen LogP contribution in [0.3, 0.4) is 0 Å². The summed E-state index contributed by atoms with van der Waals surface area (Å²) in [6, 6.07) is 2.04. The molecule has 3 aromatic rings. The van der Waals surface area contributed by atoms with Crippen molar-refractivity contribution in [3.05, 3.63) is 35.2 Å². The first-order valence-electron chi connectivity index (χ1n) is 4.97. The maximum Gasteiger partial charge on any atom is 0.234 e. The molecule has 0 radical (unpaired) electrons. The van der Waals surface area contributed by atoms with Gasteiger partial charge >= 0.3 is 0 Å².